The first-order valence-electron chi connectivity index (χ1n) is 4.35. The summed E-state index contributed by atoms with van der Waals surface area (Å²) in [5.41, 5.74) is 1.56. The summed E-state index contributed by atoms with van der Waals surface area (Å²) < 4.78 is 3.55. The van der Waals surface area contributed by atoms with E-state index in [1.54, 1.807) is 12.2 Å². The Balaban J connectivity index is 0.000000845. The standard InChI is InChI=1S/C6H7.C5H5.Hf.2H/c1-6-4-2-3-5-6;1-2-4-5-3-1;;;/h2,4H,3H2,1H3;1-3H,4H2;;;/q;;;2*-1. The average molecular weight is 325 g/mol. The molecule has 0 aliphatic heterocycles. The van der Waals surface area contributed by atoms with E-state index in [0.29, 0.717) is 0 Å². The third kappa shape index (κ3) is 1.77. The van der Waals surface area contributed by atoms with E-state index in [-0.39, 0.29) is 2.85 Å². The van der Waals surface area contributed by atoms with Crippen LogP contribution in [0.4, 0.5) is 0 Å². The van der Waals surface area contributed by atoms with E-state index >= 15 is 0 Å². The van der Waals surface area contributed by atoms with Crippen LogP contribution < -0.4 is 0 Å². The minimum absolute atomic E-state index is 0. The van der Waals surface area contributed by atoms with Gasteiger partial charge in [0.1, 0.15) is 0 Å². The van der Waals surface area contributed by atoms with Crippen LogP contribution in [0.2, 0.25) is 0 Å². The third-order valence-electron chi connectivity index (χ3n) is 2.25. The molecule has 1 heteroatoms. The Kier molecular flexibility index (Phi) is 2.60. The van der Waals surface area contributed by atoms with Gasteiger partial charge in [-0.25, -0.2) is 0 Å². The summed E-state index contributed by atoms with van der Waals surface area (Å²) in [5, 5.41) is 0. The van der Waals surface area contributed by atoms with Crippen molar-refractivity contribution in [3.05, 3.63) is 42.6 Å². The van der Waals surface area contributed by atoms with Gasteiger partial charge >= 0.3 is 85.3 Å². The van der Waals surface area contributed by atoms with E-state index in [0.717, 1.165) is 0 Å². The van der Waals surface area contributed by atoms with Crippen molar-refractivity contribution in [1.82, 2.24) is 0 Å². The first-order valence-corrected chi connectivity index (χ1v) is 7.94. The molecule has 0 unspecified atom stereocenters. The molecular formula is C11H14Hf-2. The van der Waals surface area contributed by atoms with Crippen LogP contribution in [0.15, 0.2) is 42.6 Å². The monoisotopic (exact) mass is 326 g/mol. The molecule has 0 fully saturated rings. The summed E-state index contributed by atoms with van der Waals surface area (Å²) in [6.07, 6.45) is 13.9. The summed E-state index contributed by atoms with van der Waals surface area (Å²) in [5.74, 6) is 0. The van der Waals surface area contributed by atoms with Gasteiger partial charge in [0.25, 0.3) is 0 Å². The molecule has 0 nitrogen and oxygen atoms in total. The topological polar surface area (TPSA) is 0 Å². The van der Waals surface area contributed by atoms with Gasteiger partial charge in [-0.15, -0.1) is 0 Å². The number of hydrogen-bond donors (Lipinski definition) is 0. The van der Waals surface area contributed by atoms with Gasteiger partial charge in [-0.2, -0.15) is 0 Å². The Morgan fingerprint density at radius 1 is 1.33 bits per heavy atom. The average Bonchev–Trinajstić information content (AvgIpc) is 2.65. The van der Waals surface area contributed by atoms with Crippen molar-refractivity contribution in [3.8, 4) is 0 Å². The molecule has 0 heterocycles. The normalized spacial score (nSPS) is 20.6. The first-order chi connectivity index (χ1) is 5.86. The Morgan fingerprint density at radius 3 is 2.83 bits per heavy atom. The summed E-state index contributed by atoms with van der Waals surface area (Å²) in [7, 11) is 0. The second-order valence-corrected chi connectivity index (χ2v) is 8.59. The van der Waals surface area contributed by atoms with Crippen LogP contribution >= 0.6 is 0 Å². The third-order valence-corrected chi connectivity index (χ3v) is 7.97. The van der Waals surface area contributed by atoms with Gasteiger partial charge < -0.3 is 2.85 Å². The second kappa shape index (κ2) is 3.69. The van der Waals surface area contributed by atoms with Crippen LogP contribution in [0.1, 0.15) is 22.6 Å². The number of hydrogen-bond acceptors (Lipinski definition) is 0. The summed E-state index contributed by atoms with van der Waals surface area (Å²) >= 11 is -0.569. The van der Waals surface area contributed by atoms with Crippen molar-refractivity contribution in [3.63, 3.8) is 0 Å². The van der Waals surface area contributed by atoms with Crippen molar-refractivity contribution in [2.45, 2.75) is 19.8 Å². The summed E-state index contributed by atoms with van der Waals surface area (Å²) in [6.45, 7) is 2.26. The molecule has 64 valence electrons. The number of rotatable bonds is 2. The largest absolute Gasteiger partial charge is 1.00 e. The maximum absolute atomic E-state index is 2.34. The van der Waals surface area contributed by atoms with Crippen molar-refractivity contribution >= 4 is 0 Å². The Labute approximate surface area is 88.1 Å². The molecule has 0 aromatic heterocycles. The van der Waals surface area contributed by atoms with Gasteiger partial charge in [-0.05, 0) is 0 Å². The van der Waals surface area contributed by atoms with E-state index in [1.807, 2.05) is 0 Å². The fourth-order valence-electron chi connectivity index (χ4n) is 1.50. The molecule has 0 saturated heterocycles. The Hall–Kier alpha value is -0.170. The van der Waals surface area contributed by atoms with Gasteiger partial charge in [0.15, 0.2) is 0 Å². The smallest absolute Gasteiger partial charge is 1.00 e. The van der Waals surface area contributed by atoms with Gasteiger partial charge in [-0.1, -0.05) is 0 Å². The first kappa shape index (κ1) is 8.43. The molecule has 2 aliphatic rings. The van der Waals surface area contributed by atoms with Crippen molar-refractivity contribution in [2.75, 3.05) is 0 Å². The maximum Gasteiger partial charge on any atom is -1.00 e. The number of allylic oxidation sites excluding steroid dienone is 8. The molecule has 0 aromatic rings. The Morgan fingerprint density at radius 2 is 2.25 bits per heavy atom. The minimum Gasteiger partial charge on any atom is -1.00 e. The zero-order valence-corrected chi connectivity index (χ0v) is 10.9. The van der Waals surface area contributed by atoms with Crippen LogP contribution in [0.25, 0.3) is 0 Å². The molecule has 0 amide bonds. The zero-order chi connectivity index (χ0) is 8.39. The molecule has 0 bridgehead atoms. The van der Waals surface area contributed by atoms with E-state index in [9.17, 15) is 0 Å². The van der Waals surface area contributed by atoms with Crippen molar-refractivity contribution < 1.29 is 25.8 Å². The predicted molar refractivity (Wildman–Crippen MR) is 50.5 cm³/mol. The fraction of sp³-hybridized carbons (Fsp3) is 0.273. The molecule has 2 rings (SSSR count). The molecule has 0 aromatic carbocycles. The quantitative estimate of drug-likeness (QED) is 0.683. The SMILES string of the molecule is CC1=[C]([Hf][C]2=CC=CC2)CC=C1.[H-].[H-]. The summed E-state index contributed by atoms with van der Waals surface area (Å²) in [6, 6.07) is 0. The van der Waals surface area contributed by atoms with E-state index in [1.165, 1.54) is 12.8 Å². The zero-order valence-electron chi connectivity index (χ0n) is 9.30. The van der Waals surface area contributed by atoms with Gasteiger partial charge in [0.2, 0.25) is 0 Å². The predicted octanol–water partition coefficient (Wildman–Crippen LogP) is 3.37. The van der Waals surface area contributed by atoms with Crippen LogP contribution in [0.3, 0.4) is 0 Å². The summed E-state index contributed by atoms with van der Waals surface area (Å²) in [4.78, 5) is 0. The molecule has 0 atom stereocenters. The second-order valence-electron chi connectivity index (χ2n) is 3.22. The van der Waals surface area contributed by atoms with Crippen molar-refractivity contribution in [2.24, 2.45) is 0 Å². The fourth-order valence-corrected chi connectivity index (χ4v) is 6.12. The van der Waals surface area contributed by atoms with Gasteiger partial charge in [-0.3, -0.25) is 0 Å². The molecule has 0 saturated carbocycles. The van der Waals surface area contributed by atoms with Crippen LogP contribution in [0, 0.1) is 0 Å². The minimum atomic E-state index is -0.569. The van der Waals surface area contributed by atoms with Crippen LogP contribution in [-0.2, 0) is 22.9 Å². The van der Waals surface area contributed by atoms with Crippen LogP contribution in [-0.4, -0.2) is 0 Å². The van der Waals surface area contributed by atoms with E-state index < -0.39 is 22.9 Å². The molecule has 2 aliphatic carbocycles. The van der Waals surface area contributed by atoms with E-state index in [2.05, 4.69) is 37.3 Å². The van der Waals surface area contributed by atoms with Crippen molar-refractivity contribution in [1.29, 1.82) is 0 Å². The van der Waals surface area contributed by atoms with Gasteiger partial charge in [0, 0.05) is 0 Å². The maximum atomic E-state index is 2.34. The molecule has 0 N–H and O–H groups in total. The molecule has 0 spiro atoms. The molecular weight excluding hydrogens is 311 g/mol. The van der Waals surface area contributed by atoms with Crippen LogP contribution in [0.5, 0.6) is 0 Å². The van der Waals surface area contributed by atoms with E-state index in [4.69, 9.17) is 0 Å². The van der Waals surface area contributed by atoms with Gasteiger partial charge in [0.05, 0.1) is 0 Å². The Bertz CT molecular complexity index is 311. The molecule has 0 radical (unpaired) electrons. The molecule has 12 heavy (non-hydrogen) atoms.